The fourth-order valence-electron chi connectivity index (χ4n) is 0.758. The first kappa shape index (κ1) is 9.73. The van der Waals surface area contributed by atoms with Crippen molar-refractivity contribution >= 4 is 15.7 Å². The van der Waals surface area contributed by atoms with Gasteiger partial charge in [-0.15, -0.1) is 0 Å². The Bertz CT molecular complexity index is 414. The molecule has 0 amide bonds. The zero-order chi connectivity index (χ0) is 9.90. The van der Waals surface area contributed by atoms with Crippen LogP contribution in [0.1, 0.15) is 0 Å². The third-order valence-electron chi connectivity index (χ3n) is 1.30. The molecule has 0 aliphatic heterocycles. The van der Waals surface area contributed by atoms with Crippen LogP contribution < -0.4 is 4.72 Å². The topological polar surface area (TPSA) is 46.2 Å². The van der Waals surface area contributed by atoms with E-state index in [-0.39, 0.29) is 5.69 Å². The van der Waals surface area contributed by atoms with Crippen LogP contribution in [0.3, 0.4) is 0 Å². The molecule has 1 rings (SSSR count). The van der Waals surface area contributed by atoms with E-state index >= 15 is 0 Å². The van der Waals surface area contributed by atoms with E-state index in [0.29, 0.717) is 0 Å². The monoisotopic (exact) mass is 201 g/mol. The summed E-state index contributed by atoms with van der Waals surface area (Å²) < 4.78 is 36.6. The molecule has 0 atom stereocenters. The Morgan fingerprint density at radius 1 is 1.46 bits per heavy atom. The number of nitrogens with one attached hydrogen (secondary N) is 1. The largest absolute Gasteiger partial charge is 0.280 e. The highest BCUT2D eigenvalue weighted by Crippen LogP contribution is 2.10. The summed E-state index contributed by atoms with van der Waals surface area (Å²) in [7, 11) is -3.54. The molecule has 5 heteroatoms. The molecule has 1 aromatic rings. The number of sulfonamides is 1. The third kappa shape index (κ3) is 2.87. The second-order valence-electron chi connectivity index (χ2n) is 2.32. The molecule has 3 nitrogen and oxygen atoms in total. The van der Waals surface area contributed by atoms with Gasteiger partial charge in [0.25, 0.3) is 10.0 Å². The maximum absolute atomic E-state index is 12.6. The summed E-state index contributed by atoms with van der Waals surface area (Å²) in [5, 5.41) is 0.762. The minimum atomic E-state index is -3.54. The first-order valence-electron chi connectivity index (χ1n) is 3.44. The molecule has 1 N–H and O–H groups in total. The predicted molar refractivity (Wildman–Crippen MR) is 49.1 cm³/mol. The van der Waals surface area contributed by atoms with Crippen LogP contribution in [0.4, 0.5) is 10.1 Å². The molecule has 0 radical (unpaired) electrons. The summed E-state index contributed by atoms with van der Waals surface area (Å²) in [6.45, 7) is 3.11. The Morgan fingerprint density at radius 3 is 2.69 bits per heavy atom. The van der Waals surface area contributed by atoms with E-state index in [9.17, 15) is 12.8 Å². The SMILES string of the molecule is C=CS(=O)(=O)Nc1cccc(F)c1. The van der Waals surface area contributed by atoms with Gasteiger partial charge in [-0.2, -0.15) is 0 Å². The Hall–Kier alpha value is -1.36. The average Bonchev–Trinajstić information content (AvgIpc) is 2.03. The molecule has 0 spiro atoms. The molecule has 0 fully saturated rings. The number of halogens is 1. The third-order valence-corrected chi connectivity index (χ3v) is 2.26. The van der Waals surface area contributed by atoms with Crippen LogP contribution in [0, 0.1) is 5.82 Å². The lowest BCUT2D eigenvalue weighted by Gasteiger charge is -2.02. The molecule has 0 unspecified atom stereocenters. The first-order chi connectivity index (χ1) is 6.03. The highest BCUT2D eigenvalue weighted by atomic mass is 32.2. The van der Waals surface area contributed by atoms with Gasteiger partial charge in [0.2, 0.25) is 0 Å². The van der Waals surface area contributed by atoms with Crippen molar-refractivity contribution in [1.29, 1.82) is 0 Å². The van der Waals surface area contributed by atoms with Crippen molar-refractivity contribution in [2.45, 2.75) is 0 Å². The van der Waals surface area contributed by atoms with Crippen LogP contribution in [-0.4, -0.2) is 8.42 Å². The van der Waals surface area contributed by atoms with Crippen LogP contribution in [0.15, 0.2) is 36.3 Å². The number of anilines is 1. The minimum absolute atomic E-state index is 0.180. The van der Waals surface area contributed by atoms with E-state index in [1.54, 1.807) is 0 Å². The molecule has 0 saturated carbocycles. The highest BCUT2D eigenvalue weighted by Gasteiger charge is 2.03. The van der Waals surface area contributed by atoms with E-state index in [1.807, 2.05) is 0 Å². The molecule has 0 aliphatic carbocycles. The number of hydrogen-bond donors (Lipinski definition) is 1. The second-order valence-corrected chi connectivity index (χ2v) is 3.95. The van der Waals surface area contributed by atoms with Gasteiger partial charge in [0.1, 0.15) is 5.82 Å². The summed E-state index contributed by atoms with van der Waals surface area (Å²) in [5.74, 6) is -0.496. The lowest BCUT2D eigenvalue weighted by atomic mass is 10.3. The van der Waals surface area contributed by atoms with Gasteiger partial charge >= 0.3 is 0 Å². The van der Waals surface area contributed by atoms with E-state index in [1.165, 1.54) is 18.2 Å². The lowest BCUT2D eigenvalue weighted by molar-refractivity contribution is 0.609. The van der Waals surface area contributed by atoms with Gasteiger partial charge in [0.15, 0.2) is 0 Å². The number of rotatable bonds is 3. The Morgan fingerprint density at radius 2 is 2.15 bits per heavy atom. The van der Waals surface area contributed by atoms with Crippen molar-refractivity contribution in [2.75, 3.05) is 4.72 Å². The van der Waals surface area contributed by atoms with Gasteiger partial charge in [-0.3, -0.25) is 4.72 Å². The van der Waals surface area contributed by atoms with Gasteiger partial charge in [-0.1, -0.05) is 12.6 Å². The molecular weight excluding hydrogens is 193 g/mol. The van der Waals surface area contributed by atoms with Crippen LogP contribution >= 0.6 is 0 Å². The van der Waals surface area contributed by atoms with Crippen molar-refractivity contribution in [2.24, 2.45) is 0 Å². The Balaban J connectivity index is 2.93. The fraction of sp³-hybridized carbons (Fsp3) is 0. The zero-order valence-corrected chi connectivity index (χ0v) is 7.51. The van der Waals surface area contributed by atoms with Crippen LogP contribution in [0.2, 0.25) is 0 Å². The highest BCUT2D eigenvalue weighted by molar-refractivity contribution is 7.95. The molecule has 0 bridgehead atoms. The van der Waals surface area contributed by atoms with Gasteiger partial charge in [-0.25, -0.2) is 12.8 Å². The van der Waals surface area contributed by atoms with E-state index in [2.05, 4.69) is 11.3 Å². The normalized spacial score (nSPS) is 10.8. The number of hydrogen-bond acceptors (Lipinski definition) is 2. The molecule has 0 aliphatic rings. The first-order valence-corrected chi connectivity index (χ1v) is 4.99. The van der Waals surface area contributed by atoms with Crippen LogP contribution in [0.5, 0.6) is 0 Å². The second kappa shape index (κ2) is 3.57. The average molecular weight is 201 g/mol. The van der Waals surface area contributed by atoms with Crippen LogP contribution in [-0.2, 0) is 10.0 Å². The molecule has 0 aromatic heterocycles. The Labute approximate surface area is 75.9 Å². The predicted octanol–water partition coefficient (Wildman–Crippen LogP) is 1.71. The van der Waals surface area contributed by atoms with Crippen molar-refractivity contribution < 1.29 is 12.8 Å². The summed E-state index contributed by atoms with van der Waals surface area (Å²) in [4.78, 5) is 0. The van der Waals surface area contributed by atoms with Crippen molar-refractivity contribution in [3.8, 4) is 0 Å². The van der Waals surface area contributed by atoms with Gasteiger partial charge < -0.3 is 0 Å². The van der Waals surface area contributed by atoms with Crippen molar-refractivity contribution in [1.82, 2.24) is 0 Å². The lowest BCUT2D eigenvalue weighted by Crippen LogP contribution is -2.08. The van der Waals surface area contributed by atoms with Gasteiger partial charge in [0, 0.05) is 5.41 Å². The molecule has 0 saturated heterocycles. The van der Waals surface area contributed by atoms with E-state index in [4.69, 9.17) is 0 Å². The molecule has 0 heterocycles. The minimum Gasteiger partial charge on any atom is -0.280 e. The number of benzene rings is 1. The molecule has 1 aromatic carbocycles. The summed E-state index contributed by atoms with van der Waals surface area (Å²) >= 11 is 0. The smallest absolute Gasteiger partial charge is 0.254 e. The Kier molecular flexibility index (Phi) is 2.67. The van der Waals surface area contributed by atoms with E-state index < -0.39 is 15.8 Å². The van der Waals surface area contributed by atoms with Gasteiger partial charge in [-0.05, 0) is 18.2 Å². The molecule has 13 heavy (non-hydrogen) atoms. The van der Waals surface area contributed by atoms with E-state index in [0.717, 1.165) is 11.5 Å². The van der Waals surface area contributed by atoms with Crippen LogP contribution in [0.25, 0.3) is 0 Å². The van der Waals surface area contributed by atoms with Gasteiger partial charge in [0.05, 0.1) is 5.69 Å². The summed E-state index contributed by atoms with van der Waals surface area (Å²) in [6, 6.07) is 5.17. The maximum Gasteiger partial charge on any atom is 0.254 e. The standard InChI is InChI=1S/C8H8FNO2S/c1-2-13(11,12)10-8-5-3-4-7(9)6-8/h2-6,10H,1H2. The molecule has 70 valence electrons. The zero-order valence-electron chi connectivity index (χ0n) is 6.70. The fourth-order valence-corrected chi connectivity index (χ4v) is 1.30. The maximum atomic E-state index is 12.6. The summed E-state index contributed by atoms with van der Waals surface area (Å²) in [5.41, 5.74) is 0.180. The van der Waals surface area contributed by atoms with Crippen molar-refractivity contribution in [3.05, 3.63) is 42.1 Å². The van der Waals surface area contributed by atoms with Crippen molar-refractivity contribution in [3.63, 3.8) is 0 Å². The molecular formula is C8H8FNO2S. The quantitative estimate of drug-likeness (QED) is 0.809. The summed E-state index contributed by atoms with van der Waals surface area (Å²) in [6.07, 6.45) is 0.